The van der Waals surface area contributed by atoms with Crippen molar-refractivity contribution in [3.05, 3.63) is 60.8 Å². The van der Waals surface area contributed by atoms with Crippen molar-refractivity contribution in [2.24, 2.45) is 0 Å². The average Bonchev–Trinajstić information content (AvgIpc) is 2.76. The number of carbonyl (C=O) groups excluding carboxylic acids is 1. The molecular weight excluding hydrogens is 374 g/mol. The molecule has 2 N–H and O–H groups in total. The van der Waals surface area contributed by atoms with Crippen molar-refractivity contribution in [2.75, 3.05) is 19.8 Å². The lowest BCUT2D eigenvalue weighted by Crippen LogP contribution is -2.37. The Morgan fingerprint density at radius 3 is 1.87 bits per heavy atom. The molecule has 0 aromatic carbocycles. The van der Waals surface area contributed by atoms with Crippen LogP contribution in [0.2, 0.25) is 0 Å². The number of rotatable bonds is 19. The monoisotopic (exact) mass is 417 g/mol. The molecule has 4 heteroatoms. The largest absolute Gasteiger partial charge is 0.395 e. The zero-order valence-corrected chi connectivity index (χ0v) is 19.1. The summed E-state index contributed by atoms with van der Waals surface area (Å²) in [6, 6.07) is 0. The van der Waals surface area contributed by atoms with E-state index in [2.05, 4.69) is 73.0 Å². The van der Waals surface area contributed by atoms with Crippen LogP contribution < -0.4 is 5.32 Å². The molecule has 0 aliphatic carbocycles. The van der Waals surface area contributed by atoms with Crippen LogP contribution in [0.5, 0.6) is 0 Å². The van der Waals surface area contributed by atoms with Gasteiger partial charge in [0.05, 0.1) is 6.61 Å². The summed E-state index contributed by atoms with van der Waals surface area (Å²) in [5.41, 5.74) is 0. The first-order chi connectivity index (χ1) is 14.8. The summed E-state index contributed by atoms with van der Waals surface area (Å²) < 4.78 is 5.64. The molecule has 0 aromatic heterocycles. The molecule has 4 nitrogen and oxygen atoms in total. The van der Waals surface area contributed by atoms with E-state index in [1.54, 1.807) is 0 Å². The zero-order chi connectivity index (χ0) is 22.1. The predicted molar refractivity (Wildman–Crippen MR) is 128 cm³/mol. The van der Waals surface area contributed by atoms with Gasteiger partial charge in [0.25, 0.3) is 0 Å². The molecule has 170 valence electrons. The smallest absolute Gasteiger partial charge is 0.249 e. The fourth-order valence-electron chi connectivity index (χ4n) is 2.63. The summed E-state index contributed by atoms with van der Waals surface area (Å²) in [5, 5.41) is 11.4. The highest BCUT2D eigenvalue weighted by molar-refractivity contribution is 5.80. The van der Waals surface area contributed by atoms with Crippen LogP contribution in [0, 0.1) is 0 Å². The van der Waals surface area contributed by atoms with Crippen LogP contribution in [-0.4, -0.2) is 36.9 Å². The van der Waals surface area contributed by atoms with Gasteiger partial charge in [0, 0.05) is 13.2 Å². The molecule has 1 unspecified atom stereocenters. The number of aliphatic hydroxyl groups excluding tert-OH is 1. The normalized spacial score (nSPS) is 13.6. The first kappa shape index (κ1) is 28.1. The molecule has 0 aromatic rings. The first-order valence-electron chi connectivity index (χ1n) is 11.5. The SMILES string of the molecule is CCC=CCC=CCC=CCC=CCC=CCCCCOC(CC)C(=O)NCCO. The molecule has 1 amide bonds. The maximum atomic E-state index is 11.8. The van der Waals surface area contributed by atoms with Crippen LogP contribution in [0.3, 0.4) is 0 Å². The average molecular weight is 418 g/mol. The van der Waals surface area contributed by atoms with Gasteiger partial charge in [-0.2, -0.15) is 0 Å². The molecule has 0 radical (unpaired) electrons. The second-order valence-electron chi connectivity index (χ2n) is 6.99. The minimum atomic E-state index is -0.412. The lowest BCUT2D eigenvalue weighted by Gasteiger charge is -2.15. The van der Waals surface area contributed by atoms with E-state index < -0.39 is 6.10 Å². The Bertz CT molecular complexity index is 532. The summed E-state index contributed by atoms with van der Waals surface area (Å²) in [6.45, 7) is 4.91. The number of allylic oxidation sites excluding steroid dienone is 10. The van der Waals surface area contributed by atoms with Gasteiger partial charge in [0.15, 0.2) is 0 Å². The number of amides is 1. The molecule has 30 heavy (non-hydrogen) atoms. The number of nitrogens with one attached hydrogen (secondary N) is 1. The summed E-state index contributed by atoms with van der Waals surface area (Å²) >= 11 is 0. The van der Waals surface area contributed by atoms with Gasteiger partial charge >= 0.3 is 0 Å². The van der Waals surface area contributed by atoms with Crippen LogP contribution in [0.15, 0.2) is 60.8 Å². The number of carbonyl (C=O) groups is 1. The molecule has 0 aliphatic rings. The number of ether oxygens (including phenoxy) is 1. The summed E-state index contributed by atoms with van der Waals surface area (Å²) in [6.07, 6.45) is 30.4. The molecule has 0 fully saturated rings. The van der Waals surface area contributed by atoms with Gasteiger partial charge in [-0.05, 0) is 57.8 Å². The number of hydrogen-bond acceptors (Lipinski definition) is 3. The first-order valence-corrected chi connectivity index (χ1v) is 11.5. The van der Waals surface area contributed by atoms with E-state index in [-0.39, 0.29) is 19.1 Å². The Hall–Kier alpha value is -1.91. The maximum Gasteiger partial charge on any atom is 0.249 e. The number of aliphatic hydroxyl groups is 1. The van der Waals surface area contributed by atoms with E-state index >= 15 is 0 Å². The fourth-order valence-corrected chi connectivity index (χ4v) is 2.63. The second kappa shape index (κ2) is 23.4. The molecule has 0 spiro atoms. The van der Waals surface area contributed by atoms with Crippen LogP contribution in [0.4, 0.5) is 0 Å². The quantitative estimate of drug-likeness (QED) is 0.206. The van der Waals surface area contributed by atoms with E-state index in [9.17, 15) is 4.79 Å². The zero-order valence-electron chi connectivity index (χ0n) is 19.1. The molecule has 0 bridgehead atoms. The van der Waals surface area contributed by atoms with Crippen molar-refractivity contribution in [3.8, 4) is 0 Å². The highest BCUT2D eigenvalue weighted by Crippen LogP contribution is 2.04. The van der Waals surface area contributed by atoms with Crippen LogP contribution in [0.1, 0.15) is 71.6 Å². The van der Waals surface area contributed by atoms with Crippen molar-refractivity contribution in [1.82, 2.24) is 5.32 Å². The van der Waals surface area contributed by atoms with Crippen LogP contribution >= 0.6 is 0 Å². The molecule has 0 rings (SSSR count). The Morgan fingerprint density at radius 2 is 1.37 bits per heavy atom. The number of hydrogen-bond donors (Lipinski definition) is 2. The van der Waals surface area contributed by atoms with Gasteiger partial charge < -0.3 is 15.2 Å². The Labute approximate surface area is 184 Å². The number of unbranched alkanes of at least 4 members (excludes halogenated alkanes) is 2. The predicted octanol–water partition coefficient (Wildman–Crippen LogP) is 5.81. The van der Waals surface area contributed by atoms with Crippen molar-refractivity contribution in [1.29, 1.82) is 0 Å². The van der Waals surface area contributed by atoms with Gasteiger partial charge in [0.2, 0.25) is 5.91 Å². The third-order valence-corrected chi connectivity index (χ3v) is 4.32. The topological polar surface area (TPSA) is 58.6 Å². The molecule has 0 aliphatic heterocycles. The molecule has 1 atom stereocenters. The summed E-state index contributed by atoms with van der Waals surface area (Å²) in [4.78, 5) is 11.8. The van der Waals surface area contributed by atoms with Crippen LogP contribution in [0.25, 0.3) is 0 Å². The highest BCUT2D eigenvalue weighted by Gasteiger charge is 2.15. The lowest BCUT2D eigenvalue weighted by molar-refractivity contribution is -0.133. The standard InChI is InChI=1S/C26H43NO3/c1-3-5-6-7-8-9-10-11-12-13-14-15-16-17-18-19-20-21-24-30-25(4-2)26(29)27-22-23-28/h5-6,8-9,11-12,14-15,17-18,25,28H,3-4,7,10,13,16,19-24H2,1-2H3,(H,27,29). The summed E-state index contributed by atoms with van der Waals surface area (Å²) in [7, 11) is 0. The fraction of sp³-hybridized carbons (Fsp3) is 0.577. The molecule has 0 saturated carbocycles. The van der Waals surface area contributed by atoms with E-state index in [1.807, 2.05) is 6.92 Å². The van der Waals surface area contributed by atoms with Crippen molar-refractivity contribution in [2.45, 2.75) is 77.7 Å². The molecule has 0 saturated heterocycles. The summed E-state index contributed by atoms with van der Waals surface area (Å²) in [5.74, 6) is -0.135. The Morgan fingerprint density at radius 1 is 0.833 bits per heavy atom. The van der Waals surface area contributed by atoms with Gasteiger partial charge in [0.1, 0.15) is 6.10 Å². The maximum absolute atomic E-state index is 11.8. The molecular formula is C26H43NO3. The minimum absolute atomic E-state index is 0.0462. The molecule has 0 heterocycles. The van der Waals surface area contributed by atoms with E-state index in [4.69, 9.17) is 9.84 Å². The third-order valence-electron chi connectivity index (χ3n) is 4.32. The third kappa shape index (κ3) is 19.4. The van der Waals surface area contributed by atoms with Crippen LogP contribution in [-0.2, 0) is 9.53 Å². The van der Waals surface area contributed by atoms with Gasteiger partial charge in [-0.3, -0.25) is 4.79 Å². The van der Waals surface area contributed by atoms with E-state index in [1.165, 1.54) is 0 Å². The van der Waals surface area contributed by atoms with Gasteiger partial charge in [-0.1, -0.05) is 74.6 Å². The van der Waals surface area contributed by atoms with Crippen molar-refractivity contribution >= 4 is 5.91 Å². The lowest BCUT2D eigenvalue weighted by atomic mass is 10.2. The van der Waals surface area contributed by atoms with Crippen molar-refractivity contribution in [3.63, 3.8) is 0 Å². The minimum Gasteiger partial charge on any atom is -0.395 e. The second-order valence-corrected chi connectivity index (χ2v) is 6.99. The Kier molecular flexibility index (Phi) is 21.9. The highest BCUT2D eigenvalue weighted by atomic mass is 16.5. The van der Waals surface area contributed by atoms with Gasteiger partial charge in [-0.25, -0.2) is 0 Å². The van der Waals surface area contributed by atoms with E-state index in [0.717, 1.165) is 51.4 Å². The Balaban J connectivity index is 3.60. The van der Waals surface area contributed by atoms with Gasteiger partial charge in [-0.15, -0.1) is 0 Å². The van der Waals surface area contributed by atoms with E-state index in [0.29, 0.717) is 13.0 Å². The van der Waals surface area contributed by atoms with Crippen molar-refractivity contribution < 1.29 is 14.6 Å².